The van der Waals surface area contributed by atoms with E-state index in [2.05, 4.69) is 25.7 Å². The van der Waals surface area contributed by atoms with Gasteiger partial charge in [0.15, 0.2) is 0 Å². The van der Waals surface area contributed by atoms with Crippen molar-refractivity contribution in [3.05, 3.63) is 40.5 Å². The molecule has 24 heavy (non-hydrogen) atoms. The first-order valence-corrected chi connectivity index (χ1v) is 8.03. The van der Waals surface area contributed by atoms with Crippen LogP contribution >= 0.6 is 11.3 Å². The van der Waals surface area contributed by atoms with Gasteiger partial charge in [0.2, 0.25) is 5.88 Å². The second-order valence-corrected chi connectivity index (χ2v) is 6.10. The van der Waals surface area contributed by atoms with Crippen molar-refractivity contribution in [3.8, 4) is 5.88 Å². The van der Waals surface area contributed by atoms with E-state index < -0.39 is 6.09 Å². The molecule has 8 nitrogen and oxygen atoms in total. The molecule has 3 rings (SSSR count). The van der Waals surface area contributed by atoms with Gasteiger partial charge in [-0.2, -0.15) is 5.10 Å². The number of amides is 1. The number of aromatic nitrogens is 4. The van der Waals surface area contributed by atoms with Gasteiger partial charge in [-0.15, -0.1) is 11.3 Å². The Balaban J connectivity index is 1.77. The lowest BCUT2D eigenvalue weighted by molar-refractivity contribution is 0.213. The number of nitrogens with one attached hydrogen (secondary N) is 2. The summed E-state index contributed by atoms with van der Waals surface area (Å²) in [5.41, 5.74) is 1.30. The molecular formula is C15H16N6O2S. The van der Waals surface area contributed by atoms with E-state index in [4.69, 9.17) is 4.74 Å². The number of nitrogens with zero attached hydrogens (tertiary/aromatic N) is 4. The summed E-state index contributed by atoms with van der Waals surface area (Å²) in [6, 6.07) is 5.43. The van der Waals surface area contributed by atoms with Crippen LogP contribution in [0.4, 0.5) is 22.1 Å². The van der Waals surface area contributed by atoms with Crippen molar-refractivity contribution in [2.75, 3.05) is 10.6 Å². The molecule has 0 atom stereocenters. The molecule has 2 N–H and O–H groups in total. The van der Waals surface area contributed by atoms with E-state index in [0.29, 0.717) is 11.5 Å². The quantitative estimate of drug-likeness (QED) is 0.754. The molecule has 0 saturated heterocycles. The van der Waals surface area contributed by atoms with Gasteiger partial charge in [-0.05, 0) is 26.0 Å². The van der Waals surface area contributed by atoms with Crippen molar-refractivity contribution in [1.82, 2.24) is 19.7 Å². The molecule has 0 fully saturated rings. The van der Waals surface area contributed by atoms with E-state index in [1.165, 1.54) is 11.3 Å². The van der Waals surface area contributed by atoms with E-state index in [-0.39, 0.29) is 5.88 Å². The van der Waals surface area contributed by atoms with Gasteiger partial charge in [-0.25, -0.2) is 14.8 Å². The number of pyridine rings is 1. The summed E-state index contributed by atoms with van der Waals surface area (Å²) in [5.74, 6) is 1.39. The molecule has 3 aromatic heterocycles. The van der Waals surface area contributed by atoms with Crippen molar-refractivity contribution < 1.29 is 9.53 Å². The van der Waals surface area contributed by atoms with E-state index in [1.807, 2.05) is 33.0 Å². The SMILES string of the molecule is Cc1ccc(Nc2ccnn2C)c(OC(=O)Nc2csc(C)n2)n1. The number of hydrogen-bond acceptors (Lipinski definition) is 7. The van der Waals surface area contributed by atoms with Gasteiger partial charge in [0.25, 0.3) is 0 Å². The molecule has 3 heterocycles. The molecule has 0 radical (unpaired) electrons. The molecule has 0 spiro atoms. The number of carbonyl (C=O) groups is 1. The maximum Gasteiger partial charge on any atom is 0.419 e. The minimum Gasteiger partial charge on any atom is -0.389 e. The fraction of sp³-hybridized carbons (Fsp3) is 0.200. The maximum atomic E-state index is 12.1. The number of aryl methyl sites for hydroxylation is 3. The van der Waals surface area contributed by atoms with Crippen molar-refractivity contribution in [2.45, 2.75) is 13.8 Å². The smallest absolute Gasteiger partial charge is 0.389 e. The zero-order valence-electron chi connectivity index (χ0n) is 13.4. The molecule has 0 saturated carbocycles. The normalized spacial score (nSPS) is 10.5. The molecule has 0 bridgehead atoms. The molecule has 1 amide bonds. The Hall–Kier alpha value is -2.94. The summed E-state index contributed by atoms with van der Waals surface area (Å²) >= 11 is 1.44. The Labute approximate surface area is 142 Å². The van der Waals surface area contributed by atoms with Gasteiger partial charge < -0.3 is 10.1 Å². The van der Waals surface area contributed by atoms with E-state index >= 15 is 0 Å². The van der Waals surface area contributed by atoms with Crippen LogP contribution in [0, 0.1) is 13.8 Å². The number of anilines is 3. The van der Waals surface area contributed by atoms with Gasteiger partial charge >= 0.3 is 6.09 Å². The van der Waals surface area contributed by atoms with Gasteiger partial charge in [0, 0.05) is 24.2 Å². The van der Waals surface area contributed by atoms with Crippen LogP contribution in [0.1, 0.15) is 10.7 Å². The molecule has 0 unspecified atom stereocenters. The Kier molecular flexibility index (Phi) is 4.43. The summed E-state index contributed by atoms with van der Waals surface area (Å²) in [6.07, 6.45) is 1.02. The average Bonchev–Trinajstić information content (AvgIpc) is 3.11. The second kappa shape index (κ2) is 6.67. The van der Waals surface area contributed by atoms with Crippen LogP contribution in [0.3, 0.4) is 0 Å². The molecule has 0 aliphatic rings. The maximum absolute atomic E-state index is 12.1. The third kappa shape index (κ3) is 3.69. The van der Waals surface area contributed by atoms with Crippen LogP contribution in [0.2, 0.25) is 0 Å². The summed E-state index contributed by atoms with van der Waals surface area (Å²) in [7, 11) is 1.81. The van der Waals surface area contributed by atoms with Crippen LogP contribution in [0.25, 0.3) is 0 Å². The number of thiazole rings is 1. The first kappa shape index (κ1) is 15.9. The highest BCUT2D eigenvalue weighted by atomic mass is 32.1. The highest BCUT2D eigenvalue weighted by Gasteiger charge is 2.14. The van der Waals surface area contributed by atoms with Crippen LogP contribution in [-0.4, -0.2) is 25.8 Å². The van der Waals surface area contributed by atoms with Crippen LogP contribution < -0.4 is 15.4 Å². The number of carbonyl (C=O) groups excluding carboxylic acids is 1. The van der Waals surface area contributed by atoms with E-state index in [0.717, 1.165) is 16.5 Å². The summed E-state index contributed by atoms with van der Waals surface area (Å²) in [4.78, 5) is 20.5. The van der Waals surface area contributed by atoms with Gasteiger partial charge in [-0.3, -0.25) is 10.00 Å². The van der Waals surface area contributed by atoms with Gasteiger partial charge in [-0.1, -0.05) is 0 Å². The number of rotatable bonds is 4. The van der Waals surface area contributed by atoms with Gasteiger partial charge in [0.05, 0.1) is 11.2 Å². The lowest BCUT2D eigenvalue weighted by Gasteiger charge is -2.12. The summed E-state index contributed by atoms with van der Waals surface area (Å²) in [6.45, 7) is 3.68. The monoisotopic (exact) mass is 344 g/mol. The Morgan fingerprint density at radius 3 is 2.75 bits per heavy atom. The Morgan fingerprint density at radius 1 is 1.25 bits per heavy atom. The standard InChI is InChI=1S/C15H16N6O2S/c1-9-4-5-11(19-13-6-7-16-21(13)3)14(17-9)23-15(22)20-12-8-24-10(2)18-12/h4-8,19H,1-3H3,(H,20,22). The highest BCUT2D eigenvalue weighted by molar-refractivity contribution is 7.09. The third-order valence-electron chi connectivity index (χ3n) is 3.12. The Bertz CT molecular complexity index is 872. The van der Waals surface area contributed by atoms with Gasteiger partial charge in [0.1, 0.15) is 17.3 Å². The Morgan fingerprint density at radius 2 is 2.08 bits per heavy atom. The topological polar surface area (TPSA) is 94.0 Å². The minimum absolute atomic E-state index is 0.181. The fourth-order valence-electron chi connectivity index (χ4n) is 1.98. The predicted molar refractivity (Wildman–Crippen MR) is 92.0 cm³/mol. The minimum atomic E-state index is -0.647. The van der Waals surface area contributed by atoms with E-state index in [9.17, 15) is 4.79 Å². The first-order valence-electron chi connectivity index (χ1n) is 7.15. The van der Waals surface area contributed by atoms with Crippen LogP contribution in [-0.2, 0) is 7.05 Å². The summed E-state index contributed by atoms with van der Waals surface area (Å²) in [5, 5.41) is 12.4. The van der Waals surface area contributed by atoms with Crippen molar-refractivity contribution in [2.24, 2.45) is 7.05 Å². The highest BCUT2D eigenvalue weighted by Crippen LogP contribution is 2.26. The van der Waals surface area contributed by atoms with Crippen molar-refractivity contribution >= 4 is 34.8 Å². The van der Waals surface area contributed by atoms with Crippen molar-refractivity contribution in [1.29, 1.82) is 0 Å². The third-order valence-corrected chi connectivity index (χ3v) is 3.90. The molecule has 3 aromatic rings. The predicted octanol–water partition coefficient (Wildman–Crippen LogP) is 3.24. The molecule has 0 aliphatic heterocycles. The zero-order valence-corrected chi connectivity index (χ0v) is 14.2. The molecule has 0 aromatic carbocycles. The number of ether oxygens (including phenoxy) is 1. The van der Waals surface area contributed by atoms with Crippen molar-refractivity contribution in [3.63, 3.8) is 0 Å². The lowest BCUT2D eigenvalue weighted by atomic mass is 10.3. The van der Waals surface area contributed by atoms with Crippen LogP contribution in [0.5, 0.6) is 5.88 Å². The summed E-state index contributed by atoms with van der Waals surface area (Å²) < 4.78 is 7.01. The molecule has 9 heteroatoms. The fourth-order valence-corrected chi connectivity index (χ4v) is 2.52. The average molecular weight is 344 g/mol. The van der Waals surface area contributed by atoms with E-state index in [1.54, 1.807) is 22.3 Å². The largest absolute Gasteiger partial charge is 0.419 e. The molecule has 124 valence electrons. The zero-order chi connectivity index (χ0) is 17.1. The molecular weight excluding hydrogens is 328 g/mol. The first-order chi connectivity index (χ1) is 11.5. The number of hydrogen-bond donors (Lipinski definition) is 2. The lowest BCUT2D eigenvalue weighted by Crippen LogP contribution is -2.18. The van der Waals surface area contributed by atoms with Crippen LogP contribution in [0.15, 0.2) is 29.8 Å². The molecule has 0 aliphatic carbocycles. The second-order valence-electron chi connectivity index (χ2n) is 5.04.